The smallest absolute Gasteiger partial charge is 0.364 e. The lowest BCUT2D eigenvalue weighted by molar-refractivity contribution is -0.140. The lowest BCUT2D eigenvalue weighted by Crippen LogP contribution is -2.28. The Kier molecular flexibility index (Phi) is 1.92. The molecule has 5 heteroatoms. The van der Waals surface area contributed by atoms with Crippen molar-refractivity contribution in [3.63, 3.8) is 0 Å². The number of carbonyl (C=O) groups excluding carboxylic acids is 2. The Morgan fingerprint density at radius 1 is 1.40 bits per heavy atom. The second-order valence-electron chi connectivity index (χ2n) is 4.58. The standard InChI is InChI=1S/C10H12N2O3/c1-10(2,3)7-4-6-9(14)15-8(13)5-12(6)11-7/h4H,5H2,1-3H3. The summed E-state index contributed by atoms with van der Waals surface area (Å²) in [5.41, 5.74) is 0.983. The van der Waals surface area contributed by atoms with Crippen molar-refractivity contribution in [2.75, 3.05) is 0 Å². The summed E-state index contributed by atoms with van der Waals surface area (Å²) >= 11 is 0. The van der Waals surface area contributed by atoms with Crippen molar-refractivity contribution in [3.05, 3.63) is 17.5 Å². The number of aromatic nitrogens is 2. The summed E-state index contributed by atoms with van der Waals surface area (Å²) in [5.74, 6) is -1.18. The summed E-state index contributed by atoms with van der Waals surface area (Å²) in [5, 5.41) is 4.22. The van der Waals surface area contributed by atoms with Crippen molar-refractivity contribution in [3.8, 4) is 0 Å². The molecule has 0 fully saturated rings. The van der Waals surface area contributed by atoms with Gasteiger partial charge in [0.25, 0.3) is 0 Å². The van der Waals surface area contributed by atoms with Crippen LogP contribution in [0.2, 0.25) is 0 Å². The van der Waals surface area contributed by atoms with Crippen LogP contribution in [0.25, 0.3) is 0 Å². The van der Waals surface area contributed by atoms with Gasteiger partial charge in [0.05, 0.1) is 5.69 Å². The molecule has 0 saturated heterocycles. The van der Waals surface area contributed by atoms with Crippen molar-refractivity contribution in [1.29, 1.82) is 0 Å². The van der Waals surface area contributed by atoms with Gasteiger partial charge in [-0.2, -0.15) is 5.10 Å². The van der Waals surface area contributed by atoms with Gasteiger partial charge in [0.1, 0.15) is 12.2 Å². The maximum Gasteiger partial charge on any atom is 0.364 e. The van der Waals surface area contributed by atoms with Crippen LogP contribution in [0.5, 0.6) is 0 Å². The lowest BCUT2D eigenvalue weighted by atomic mass is 9.92. The summed E-state index contributed by atoms with van der Waals surface area (Å²) in [6.45, 7) is 5.99. The molecule has 0 unspecified atom stereocenters. The lowest BCUT2D eigenvalue weighted by Gasteiger charge is -2.14. The molecular formula is C10H12N2O3. The minimum atomic E-state index is -0.616. The molecule has 0 amide bonds. The largest absolute Gasteiger partial charge is 0.387 e. The molecule has 0 aliphatic carbocycles. The average Bonchev–Trinajstić information content (AvgIpc) is 2.46. The highest BCUT2D eigenvalue weighted by Gasteiger charge is 2.29. The van der Waals surface area contributed by atoms with Crippen molar-refractivity contribution in [1.82, 2.24) is 9.78 Å². The number of ether oxygens (including phenoxy) is 1. The molecule has 0 bridgehead atoms. The highest BCUT2D eigenvalue weighted by Crippen LogP contribution is 2.23. The summed E-state index contributed by atoms with van der Waals surface area (Å²) in [6.07, 6.45) is 0. The Bertz CT molecular complexity index is 440. The normalized spacial score (nSPS) is 16.2. The number of rotatable bonds is 0. The minimum absolute atomic E-state index is 0.0111. The van der Waals surface area contributed by atoms with Gasteiger partial charge in [-0.05, 0) is 6.07 Å². The first-order chi connectivity index (χ1) is 6.88. The molecule has 0 aromatic carbocycles. The molecule has 0 spiro atoms. The molecule has 2 rings (SSSR count). The van der Waals surface area contributed by atoms with E-state index in [0.717, 1.165) is 5.69 Å². The molecule has 5 nitrogen and oxygen atoms in total. The number of hydrogen-bond acceptors (Lipinski definition) is 4. The summed E-state index contributed by atoms with van der Waals surface area (Å²) in [6, 6.07) is 1.68. The number of carbonyl (C=O) groups is 2. The van der Waals surface area contributed by atoms with E-state index in [1.54, 1.807) is 6.07 Å². The first kappa shape index (κ1) is 9.89. The van der Waals surface area contributed by atoms with Crippen LogP contribution >= 0.6 is 0 Å². The van der Waals surface area contributed by atoms with Crippen LogP contribution in [0.15, 0.2) is 6.07 Å². The first-order valence-electron chi connectivity index (χ1n) is 4.71. The average molecular weight is 208 g/mol. The van der Waals surface area contributed by atoms with Crippen molar-refractivity contribution >= 4 is 11.9 Å². The van der Waals surface area contributed by atoms with E-state index in [4.69, 9.17) is 0 Å². The highest BCUT2D eigenvalue weighted by atomic mass is 16.6. The third-order valence-corrected chi connectivity index (χ3v) is 2.24. The van der Waals surface area contributed by atoms with E-state index in [2.05, 4.69) is 9.84 Å². The van der Waals surface area contributed by atoms with E-state index in [1.807, 2.05) is 20.8 Å². The number of hydrogen-bond donors (Lipinski definition) is 0. The van der Waals surface area contributed by atoms with E-state index in [1.165, 1.54) is 4.68 Å². The third-order valence-electron chi connectivity index (χ3n) is 2.24. The zero-order chi connectivity index (χ0) is 11.2. The second kappa shape index (κ2) is 2.92. The quantitative estimate of drug-likeness (QED) is 0.469. The Morgan fingerprint density at radius 2 is 2.07 bits per heavy atom. The van der Waals surface area contributed by atoms with Crippen LogP contribution in [-0.2, 0) is 21.5 Å². The summed E-state index contributed by atoms with van der Waals surface area (Å²) in [4.78, 5) is 22.3. The minimum Gasteiger partial charge on any atom is -0.387 e. The fourth-order valence-corrected chi connectivity index (χ4v) is 1.38. The molecule has 80 valence electrons. The monoisotopic (exact) mass is 208 g/mol. The van der Waals surface area contributed by atoms with Crippen molar-refractivity contribution in [2.45, 2.75) is 32.7 Å². The summed E-state index contributed by atoms with van der Waals surface area (Å²) in [7, 11) is 0. The van der Waals surface area contributed by atoms with Crippen LogP contribution < -0.4 is 0 Å². The number of nitrogens with zero attached hydrogens (tertiary/aromatic N) is 2. The highest BCUT2D eigenvalue weighted by molar-refractivity contribution is 5.98. The van der Waals surface area contributed by atoms with Gasteiger partial charge in [-0.3, -0.25) is 0 Å². The van der Waals surface area contributed by atoms with Crippen LogP contribution in [0.1, 0.15) is 37.0 Å². The molecule has 0 radical (unpaired) electrons. The molecule has 2 heterocycles. The maximum absolute atomic E-state index is 11.3. The topological polar surface area (TPSA) is 61.2 Å². The Balaban J connectivity index is 2.48. The van der Waals surface area contributed by atoms with Gasteiger partial charge < -0.3 is 4.74 Å². The van der Waals surface area contributed by atoms with Crippen LogP contribution in [0.4, 0.5) is 0 Å². The predicted octanol–water partition coefficient (Wildman–Crippen LogP) is 0.878. The fourth-order valence-electron chi connectivity index (χ4n) is 1.38. The fraction of sp³-hybridized carbons (Fsp3) is 0.500. The zero-order valence-corrected chi connectivity index (χ0v) is 8.90. The molecule has 1 aromatic heterocycles. The SMILES string of the molecule is CC(C)(C)c1cc2n(n1)CC(=O)OC2=O. The van der Waals surface area contributed by atoms with Crippen molar-refractivity contribution in [2.24, 2.45) is 0 Å². The Labute approximate surface area is 87.0 Å². The van der Waals surface area contributed by atoms with E-state index in [9.17, 15) is 9.59 Å². The predicted molar refractivity (Wildman–Crippen MR) is 51.3 cm³/mol. The number of esters is 2. The van der Waals surface area contributed by atoms with Crippen LogP contribution in [-0.4, -0.2) is 21.7 Å². The molecule has 0 N–H and O–H groups in total. The molecule has 0 atom stereocenters. The molecule has 15 heavy (non-hydrogen) atoms. The van der Waals surface area contributed by atoms with Gasteiger partial charge in [-0.25, -0.2) is 14.3 Å². The van der Waals surface area contributed by atoms with E-state index in [-0.39, 0.29) is 12.0 Å². The van der Waals surface area contributed by atoms with Gasteiger partial charge in [0.15, 0.2) is 0 Å². The molecule has 1 aliphatic rings. The molecular weight excluding hydrogens is 196 g/mol. The Hall–Kier alpha value is -1.65. The van der Waals surface area contributed by atoms with Gasteiger partial charge in [0, 0.05) is 5.41 Å². The number of fused-ring (bicyclic) bond motifs is 1. The van der Waals surface area contributed by atoms with E-state index < -0.39 is 11.9 Å². The van der Waals surface area contributed by atoms with Gasteiger partial charge >= 0.3 is 11.9 Å². The Morgan fingerprint density at radius 3 is 2.67 bits per heavy atom. The van der Waals surface area contributed by atoms with Crippen molar-refractivity contribution < 1.29 is 14.3 Å². The maximum atomic E-state index is 11.3. The molecule has 0 saturated carbocycles. The molecule has 1 aliphatic heterocycles. The van der Waals surface area contributed by atoms with Crippen LogP contribution in [0.3, 0.4) is 0 Å². The summed E-state index contributed by atoms with van der Waals surface area (Å²) < 4.78 is 5.90. The van der Waals surface area contributed by atoms with Crippen LogP contribution in [0, 0.1) is 0 Å². The van der Waals surface area contributed by atoms with E-state index in [0.29, 0.717) is 5.69 Å². The van der Waals surface area contributed by atoms with Gasteiger partial charge in [-0.15, -0.1) is 0 Å². The third kappa shape index (κ3) is 1.65. The van der Waals surface area contributed by atoms with Gasteiger partial charge in [-0.1, -0.05) is 20.8 Å². The van der Waals surface area contributed by atoms with E-state index >= 15 is 0 Å². The second-order valence-corrected chi connectivity index (χ2v) is 4.58. The van der Waals surface area contributed by atoms with Gasteiger partial charge in [0.2, 0.25) is 0 Å². The molecule has 1 aromatic rings. The number of cyclic esters (lactones) is 2. The first-order valence-corrected chi connectivity index (χ1v) is 4.71. The zero-order valence-electron chi connectivity index (χ0n) is 8.90.